The Bertz CT molecular complexity index is 650. The summed E-state index contributed by atoms with van der Waals surface area (Å²) in [5.74, 6) is 0.848. The Morgan fingerprint density at radius 2 is 2.29 bits per heavy atom. The van der Waals surface area contributed by atoms with Gasteiger partial charge in [-0.2, -0.15) is 0 Å². The quantitative estimate of drug-likeness (QED) is 0.781. The van der Waals surface area contributed by atoms with Crippen molar-refractivity contribution in [1.82, 2.24) is 10.3 Å². The molecule has 0 radical (unpaired) electrons. The second-order valence-electron chi connectivity index (χ2n) is 5.52. The number of carbonyl (C=O) groups is 1. The lowest BCUT2D eigenvalue weighted by atomic mass is 10.1. The Morgan fingerprint density at radius 1 is 1.43 bits per heavy atom. The molecule has 2 aromatic rings. The van der Waals surface area contributed by atoms with E-state index in [9.17, 15) is 4.79 Å². The molecular weight excluding hydrogens is 264 g/mol. The number of nitrogens with two attached hydrogens (primary N) is 1. The zero-order chi connectivity index (χ0) is 14.7. The normalized spacial score (nSPS) is 18.0. The smallest absolute Gasteiger partial charge is 0.252 e. The fraction of sp³-hybridized carbons (Fsp3) is 0.375. The van der Waals surface area contributed by atoms with E-state index in [0.717, 1.165) is 37.0 Å². The number of primary amides is 1. The van der Waals surface area contributed by atoms with Crippen LogP contribution in [0.1, 0.15) is 23.2 Å². The number of anilines is 1. The van der Waals surface area contributed by atoms with Gasteiger partial charge in [-0.05, 0) is 44.0 Å². The number of aromatic nitrogens is 1. The predicted molar refractivity (Wildman–Crippen MR) is 84.3 cm³/mol. The first kappa shape index (κ1) is 13.8. The predicted octanol–water partition coefficient (Wildman–Crippen LogP) is 1.75. The Balaban J connectivity index is 1.78. The van der Waals surface area contributed by atoms with Crippen molar-refractivity contribution in [2.75, 3.05) is 25.0 Å². The average molecular weight is 284 g/mol. The van der Waals surface area contributed by atoms with Crippen molar-refractivity contribution in [3.63, 3.8) is 0 Å². The van der Waals surface area contributed by atoms with E-state index in [1.807, 2.05) is 30.3 Å². The van der Waals surface area contributed by atoms with E-state index in [1.54, 1.807) is 0 Å². The molecule has 0 saturated carbocycles. The summed E-state index contributed by atoms with van der Waals surface area (Å²) in [6.45, 7) is 2.99. The Hall–Kier alpha value is -2.14. The summed E-state index contributed by atoms with van der Waals surface area (Å²) in [4.78, 5) is 16.2. The molecule has 0 aliphatic carbocycles. The van der Waals surface area contributed by atoms with Gasteiger partial charge in [-0.25, -0.2) is 4.98 Å². The molecule has 3 rings (SSSR count). The molecule has 1 aromatic heterocycles. The summed E-state index contributed by atoms with van der Waals surface area (Å²) in [6, 6.07) is 9.54. The first-order valence-electron chi connectivity index (χ1n) is 7.38. The van der Waals surface area contributed by atoms with Crippen molar-refractivity contribution in [2.24, 2.45) is 11.7 Å². The summed E-state index contributed by atoms with van der Waals surface area (Å²) < 4.78 is 0. The summed E-state index contributed by atoms with van der Waals surface area (Å²) in [6.07, 6.45) is 2.29. The zero-order valence-corrected chi connectivity index (χ0v) is 11.9. The molecule has 1 saturated heterocycles. The van der Waals surface area contributed by atoms with Crippen LogP contribution in [0.4, 0.5) is 5.82 Å². The van der Waals surface area contributed by atoms with Crippen LogP contribution in [0.15, 0.2) is 30.3 Å². The summed E-state index contributed by atoms with van der Waals surface area (Å²) in [5, 5.41) is 7.56. The molecular formula is C16H20N4O. The minimum atomic E-state index is -0.446. The van der Waals surface area contributed by atoms with Gasteiger partial charge in [0.15, 0.2) is 0 Å². The van der Waals surface area contributed by atoms with Gasteiger partial charge in [0.2, 0.25) is 0 Å². The molecule has 2 heterocycles. The number of hydrogen-bond acceptors (Lipinski definition) is 4. The standard InChI is InChI=1S/C16H20N4O/c17-15(21)13-9-12-3-1-2-4-14(12)20-16(13)19-8-6-11-5-7-18-10-11/h1-4,9,11,18H,5-8,10H2,(H2,17,21)(H,19,20). The molecule has 21 heavy (non-hydrogen) atoms. The number of amides is 1. The van der Waals surface area contributed by atoms with E-state index in [-0.39, 0.29) is 0 Å². The maximum atomic E-state index is 11.6. The van der Waals surface area contributed by atoms with Crippen LogP contribution in [0.5, 0.6) is 0 Å². The first-order chi connectivity index (χ1) is 10.2. The minimum Gasteiger partial charge on any atom is -0.369 e. The fourth-order valence-corrected chi connectivity index (χ4v) is 2.79. The molecule has 0 spiro atoms. The monoisotopic (exact) mass is 284 g/mol. The third kappa shape index (κ3) is 3.13. The van der Waals surface area contributed by atoms with Gasteiger partial charge in [0.1, 0.15) is 5.82 Å². The van der Waals surface area contributed by atoms with Crippen molar-refractivity contribution in [3.8, 4) is 0 Å². The van der Waals surface area contributed by atoms with Crippen LogP contribution in [0.25, 0.3) is 10.9 Å². The van der Waals surface area contributed by atoms with Crippen LogP contribution in [0.3, 0.4) is 0 Å². The number of carbonyl (C=O) groups excluding carboxylic acids is 1. The van der Waals surface area contributed by atoms with Crippen molar-refractivity contribution >= 4 is 22.6 Å². The molecule has 4 N–H and O–H groups in total. The molecule has 1 atom stereocenters. The average Bonchev–Trinajstić information content (AvgIpc) is 2.99. The molecule has 5 heteroatoms. The highest BCUT2D eigenvalue weighted by molar-refractivity contribution is 6.01. The van der Waals surface area contributed by atoms with Gasteiger partial charge in [0, 0.05) is 11.9 Å². The molecule has 0 bridgehead atoms. The first-order valence-corrected chi connectivity index (χ1v) is 7.38. The van der Waals surface area contributed by atoms with E-state index in [4.69, 9.17) is 5.73 Å². The van der Waals surface area contributed by atoms with Gasteiger partial charge in [0.25, 0.3) is 5.91 Å². The van der Waals surface area contributed by atoms with E-state index in [2.05, 4.69) is 15.6 Å². The van der Waals surface area contributed by atoms with Crippen molar-refractivity contribution in [3.05, 3.63) is 35.9 Å². The lowest BCUT2D eigenvalue weighted by Gasteiger charge is -2.12. The van der Waals surface area contributed by atoms with Crippen LogP contribution < -0.4 is 16.4 Å². The number of fused-ring (bicyclic) bond motifs is 1. The summed E-state index contributed by atoms with van der Waals surface area (Å²) >= 11 is 0. The molecule has 1 fully saturated rings. The highest BCUT2D eigenvalue weighted by Crippen LogP contribution is 2.21. The number of hydrogen-bond donors (Lipinski definition) is 3. The highest BCUT2D eigenvalue weighted by Gasteiger charge is 2.15. The summed E-state index contributed by atoms with van der Waals surface area (Å²) in [7, 11) is 0. The third-order valence-corrected chi connectivity index (χ3v) is 4.00. The fourth-order valence-electron chi connectivity index (χ4n) is 2.79. The number of nitrogens with zero attached hydrogens (tertiary/aromatic N) is 1. The van der Waals surface area contributed by atoms with Crippen LogP contribution in [-0.2, 0) is 0 Å². The van der Waals surface area contributed by atoms with Crippen molar-refractivity contribution < 1.29 is 4.79 Å². The van der Waals surface area contributed by atoms with Crippen LogP contribution in [0, 0.1) is 5.92 Å². The van der Waals surface area contributed by atoms with Gasteiger partial charge in [0.05, 0.1) is 11.1 Å². The van der Waals surface area contributed by atoms with E-state index >= 15 is 0 Å². The maximum Gasteiger partial charge on any atom is 0.252 e. The molecule has 110 valence electrons. The topological polar surface area (TPSA) is 80.0 Å². The molecule has 1 unspecified atom stereocenters. The minimum absolute atomic E-state index is 0.446. The molecule has 1 aromatic carbocycles. The van der Waals surface area contributed by atoms with Crippen LogP contribution >= 0.6 is 0 Å². The summed E-state index contributed by atoms with van der Waals surface area (Å²) in [5.41, 5.74) is 6.80. The third-order valence-electron chi connectivity index (χ3n) is 4.00. The Labute approximate surface area is 123 Å². The number of nitrogens with one attached hydrogen (secondary N) is 2. The second kappa shape index (κ2) is 6.10. The van der Waals surface area contributed by atoms with Crippen molar-refractivity contribution in [2.45, 2.75) is 12.8 Å². The van der Waals surface area contributed by atoms with Gasteiger partial charge in [-0.1, -0.05) is 18.2 Å². The zero-order valence-electron chi connectivity index (χ0n) is 11.9. The molecule has 1 aliphatic rings. The Morgan fingerprint density at radius 3 is 3.05 bits per heavy atom. The van der Waals surface area contributed by atoms with E-state index in [0.29, 0.717) is 17.3 Å². The van der Waals surface area contributed by atoms with Crippen LogP contribution in [0.2, 0.25) is 0 Å². The van der Waals surface area contributed by atoms with Gasteiger partial charge in [-0.15, -0.1) is 0 Å². The lowest BCUT2D eigenvalue weighted by Crippen LogP contribution is -2.18. The Kier molecular flexibility index (Phi) is 4.01. The number of rotatable bonds is 5. The lowest BCUT2D eigenvalue weighted by molar-refractivity contribution is 0.100. The number of para-hydroxylation sites is 1. The van der Waals surface area contributed by atoms with Gasteiger partial charge in [-0.3, -0.25) is 4.79 Å². The van der Waals surface area contributed by atoms with Gasteiger partial charge >= 0.3 is 0 Å². The molecule has 1 amide bonds. The molecule has 1 aliphatic heterocycles. The molecule has 5 nitrogen and oxygen atoms in total. The SMILES string of the molecule is NC(=O)c1cc2ccccc2nc1NCCC1CCNC1. The van der Waals surface area contributed by atoms with Gasteiger partial charge < -0.3 is 16.4 Å². The highest BCUT2D eigenvalue weighted by atomic mass is 16.1. The second-order valence-corrected chi connectivity index (χ2v) is 5.52. The number of pyridine rings is 1. The van der Waals surface area contributed by atoms with E-state index < -0.39 is 5.91 Å². The van der Waals surface area contributed by atoms with Crippen molar-refractivity contribution in [1.29, 1.82) is 0 Å². The largest absolute Gasteiger partial charge is 0.369 e. The maximum absolute atomic E-state index is 11.6. The number of benzene rings is 1. The van der Waals surface area contributed by atoms with Crippen LogP contribution in [-0.4, -0.2) is 30.5 Å². The van der Waals surface area contributed by atoms with E-state index in [1.165, 1.54) is 6.42 Å².